The summed E-state index contributed by atoms with van der Waals surface area (Å²) in [5, 5.41) is 3.91. The summed E-state index contributed by atoms with van der Waals surface area (Å²) in [5.74, 6) is 0.734. The Morgan fingerprint density at radius 1 is 1.09 bits per heavy atom. The lowest BCUT2D eigenvalue weighted by Gasteiger charge is -2.42. The molecule has 4 aromatic rings. The van der Waals surface area contributed by atoms with E-state index in [4.69, 9.17) is 16.0 Å². The number of aromatic nitrogens is 1. The highest BCUT2D eigenvalue weighted by molar-refractivity contribution is 7.22. The van der Waals surface area contributed by atoms with Gasteiger partial charge in [-0.1, -0.05) is 68.8 Å². The summed E-state index contributed by atoms with van der Waals surface area (Å²) < 4.78 is 6.88. The number of aryl methyl sites for hydroxylation is 1. The molecule has 2 heterocycles. The Morgan fingerprint density at radius 2 is 1.79 bits per heavy atom. The molecule has 1 aliphatic carbocycles. The van der Waals surface area contributed by atoms with E-state index in [1.165, 1.54) is 46.4 Å². The molecule has 0 aliphatic heterocycles. The van der Waals surface area contributed by atoms with E-state index in [0.717, 1.165) is 10.5 Å². The van der Waals surface area contributed by atoms with Crippen LogP contribution in [0.2, 0.25) is 5.02 Å². The number of nitrogens with zero attached hydrogens (tertiary/aromatic N) is 1. The monoisotopic (exact) mass is 492 g/mol. The lowest BCUT2D eigenvalue weighted by Crippen LogP contribution is -2.34. The summed E-state index contributed by atoms with van der Waals surface area (Å²) in [6.07, 6.45) is 3.03. The fourth-order valence-electron chi connectivity index (χ4n) is 4.87. The average molecular weight is 493 g/mol. The lowest BCUT2D eigenvalue weighted by atomic mass is 9.62. The van der Waals surface area contributed by atoms with Crippen molar-refractivity contribution in [2.45, 2.75) is 64.7 Å². The molecule has 4 nitrogen and oxygen atoms in total. The van der Waals surface area contributed by atoms with Crippen molar-refractivity contribution >= 4 is 44.2 Å². The van der Waals surface area contributed by atoms with E-state index in [9.17, 15) is 4.79 Å². The van der Waals surface area contributed by atoms with Gasteiger partial charge < -0.3 is 4.42 Å². The summed E-state index contributed by atoms with van der Waals surface area (Å²) in [6.45, 7) is 11.5. The number of anilines is 1. The molecule has 6 heteroatoms. The Morgan fingerprint density at radius 3 is 2.50 bits per heavy atom. The van der Waals surface area contributed by atoms with E-state index in [1.54, 1.807) is 12.1 Å². The van der Waals surface area contributed by atoms with E-state index in [-0.39, 0.29) is 22.5 Å². The summed E-state index contributed by atoms with van der Waals surface area (Å²) in [4.78, 5) is 17.2. The SMILES string of the molecule is Cc1cc2c(cc1Cc1ccc(C(=O)Nc3nc4c(Cl)cccc4s3)o1)C(C)(C)CCC2(C)C. The standard InChI is InChI=1S/C28H29ClN2O2S/c1-16-13-19-20(28(4,5)12-11-27(19,2)3)15-17(16)14-18-9-10-22(33-18)25(32)31-26-30-24-21(29)7-6-8-23(24)34-26/h6-10,13,15H,11-12,14H2,1-5H3,(H,30,31,32). The molecule has 1 aliphatic rings. The fraction of sp³-hybridized carbons (Fsp3) is 0.357. The summed E-state index contributed by atoms with van der Waals surface area (Å²) >= 11 is 7.60. The second-order valence-corrected chi connectivity index (χ2v) is 12.0. The number of benzene rings is 2. The van der Waals surface area contributed by atoms with Gasteiger partial charge in [-0.05, 0) is 77.1 Å². The zero-order valence-corrected chi connectivity index (χ0v) is 21.8. The van der Waals surface area contributed by atoms with Crippen molar-refractivity contribution in [3.05, 3.63) is 81.3 Å². The number of thiazole rings is 1. The van der Waals surface area contributed by atoms with E-state index in [1.807, 2.05) is 18.2 Å². The predicted molar refractivity (Wildman–Crippen MR) is 141 cm³/mol. The fourth-order valence-corrected chi connectivity index (χ4v) is 6.03. The Balaban J connectivity index is 1.37. The highest BCUT2D eigenvalue weighted by Gasteiger charge is 2.37. The second-order valence-electron chi connectivity index (χ2n) is 10.6. The maximum absolute atomic E-state index is 12.8. The minimum absolute atomic E-state index is 0.154. The zero-order valence-electron chi connectivity index (χ0n) is 20.2. The maximum atomic E-state index is 12.8. The van der Waals surface area contributed by atoms with Crippen molar-refractivity contribution in [2.75, 3.05) is 5.32 Å². The van der Waals surface area contributed by atoms with Crippen LogP contribution in [0.25, 0.3) is 10.2 Å². The number of nitrogens with one attached hydrogen (secondary N) is 1. The number of para-hydroxylation sites is 1. The summed E-state index contributed by atoms with van der Waals surface area (Å²) in [6, 6.07) is 13.9. The van der Waals surface area contributed by atoms with Gasteiger partial charge in [-0.25, -0.2) is 4.98 Å². The highest BCUT2D eigenvalue weighted by atomic mass is 35.5. The third kappa shape index (κ3) is 4.16. The smallest absolute Gasteiger partial charge is 0.293 e. The van der Waals surface area contributed by atoms with E-state index >= 15 is 0 Å². The van der Waals surface area contributed by atoms with Crippen LogP contribution in [0.1, 0.15) is 79.1 Å². The zero-order chi connectivity index (χ0) is 24.3. The van der Waals surface area contributed by atoms with Crippen LogP contribution >= 0.6 is 22.9 Å². The molecule has 0 radical (unpaired) electrons. The van der Waals surface area contributed by atoms with Gasteiger partial charge in [0.05, 0.1) is 9.72 Å². The van der Waals surface area contributed by atoms with Crippen molar-refractivity contribution in [3.63, 3.8) is 0 Å². The first-order valence-corrected chi connectivity index (χ1v) is 12.8. The predicted octanol–water partition coefficient (Wildman–Crippen LogP) is 8.04. The van der Waals surface area contributed by atoms with Gasteiger partial charge in [0.25, 0.3) is 5.91 Å². The third-order valence-corrected chi connectivity index (χ3v) is 8.39. The normalized spacial score (nSPS) is 16.4. The Hall–Kier alpha value is -2.63. The van der Waals surface area contributed by atoms with Crippen LogP contribution in [-0.4, -0.2) is 10.9 Å². The molecule has 2 aromatic heterocycles. The van der Waals surface area contributed by atoms with Crippen molar-refractivity contribution in [1.29, 1.82) is 0 Å². The van der Waals surface area contributed by atoms with Gasteiger partial charge in [-0.2, -0.15) is 0 Å². The summed E-state index contributed by atoms with van der Waals surface area (Å²) in [7, 11) is 0. The number of fused-ring (bicyclic) bond motifs is 2. The number of carbonyl (C=O) groups is 1. The van der Waals surface area contributed by atoms with Crippen LogP contribution in [0.5, 0.6) is 0 Å². The number of rotatable bonds is 4. The number of hydrogen-bond donors (Lipinski definition) is 1. The Kier molecular flexibility index (Phi) is 5.61. The molecule has 1 amide bonds. The minimum Gasteiger partial charge on any atom is -0.456 e. The molecule has 34 heavy (non-hydrogen) atoms. The minimum atomic E-state index is -0.313. The number of furan rings is 1. The summed E-state index contributed by atoms with van der Waals surface area (Å²) in [5.41, 5.74) is 6.43. The second kappa shape index (κ2) is 8.24. The van der Waals surface area contributed by atoms with Crippen molar-refractivity contribution in [3.8, 4) is 0 Å². The first-order chi connectivity index (χ1) is 16.0. The molecule has 1 N–H and O–H groups in total. The van der Waals surface area contributed by atoms with Gasteiger partial charge in [0.2, 0.25) is 0 Å². The first kappa shape index (κ1) is 23.1. The van der Waals surface area contributed by atoms with Crippen molar-refractivity contribution in [1.82, 2.24) is 4.98 Å². The number of halogens is 1. The quantitative estimate of drug-likeness (QED) is 0.313. The number of amides is 1. The van der Waals surface area contributed by atoms with Gasteiger partial charge in [-0.15, -0.1) is 0 Å². The molecule has 2 aromatic carbocycles. The van der Waals surface area contributed by atoms with Gasteiger partial charge in [0, 0.05) is 6.42 Å². The van der Waals surface area contributed by atoms with Crippen molar-refractivity contribution < 1.29 is 9.21 Å². The topological polar surface area (TPSA) is 55.1 Å². The molecule has 0 bridgehead atoms. The molecule has 0 saturated carbocycles. The van der Waals surface area contributed by atoms with Gasteiger partial charge in [-0.3, -0.25) is 10.1 Å². The van der Waals surface area contributed by atoms with E-state index < -0.39 is 0 Å². The Bertz CT molecular complexity index is 1410. The van der Waals surface area contributed by atoms with Crippen LogP contribution in [0, 0.1) is 6.92 Å². The van der Waals surface area contributed by atoms with Crippen LogP contribution in [0.15, 0.2) is 46.9 Å². The number of carbonyl (C=O) groups excluding carboxylic acids is 1. The highest BCUT2D eigenvalue weighted by Crippen LogP contribution is 2.46. The van der Waals surface area contributed by atoms with E-state index in [0.29, 0.717) is 22.1 Å². The molecule has 5 rings (SSSR count). The molecule has 0 saturated heterocycles. The van der Waals surface area contributed by atoms with Gasteiger partial charge >= 0.3 is 0 Å². The van der Waals surface area contributed by atoms with Gasteiger partial charge in [0.1, 0.15) is 11.3 Å². The van der Waals surface area contributed by atoms with Crippen molar-refractivity contribution in [2.24, 2.45) is 0 Å². The molecule has 176 valence electrons. The molecule has 0 atom stereocenters. The van der Waals surface area contributed by atoms with E-state index in [2.05, 4.69) is 57.1 Å². The van der Waals surface area contributed by atoms with Gasteiger partial charge in [0.15, 0.2) is 10.9 Å². The molecule has 0 unspecified atom stereocenters. The maximum Gasteiger partial charge on any atom is 0.293 e. The third-order valence-electron chi connectivity index (χ3n) is 7.15. The Labute approximate surface area is 209 Å². The molecular formula is C28H29ClN2O2S. The molecule has 0 spiro atoms. The van der Waals surface area contributed by atoms with Crippen LogP contribution in [-0.2, 0) is 17.3 Å². The molecule has 0 fully saturated rings. The molecular weight excluding hydrogens is 464 g/mol. The largest absolute Gasteiger partial charge is 0.456 e. The van der Waals surface area contributed by atoms with Crippen LogP contribution < -0.4 is 5.32 Å². The van der Waals surface area contributed by atoms with Crippen LogP contribution in [0.4, 0.5) is 5.13 Å². The average Bonchev–Trinajstić information content (AvgIpc) is 3.40. The van der Waals surface area contributed by atoms with Crippen LogP contribution in [0.3, 0.4) is 0 Å². The number of hydrogen-bond acceptors (Lipinski definition) is 4. The first-order valence-electron chi connectivity index (χ1n) is 11.6. The lowest BCUT2D eigenvalue weighted by molar-refractivity contribution is 0.0995.